The summed E-state index contributed by atoms with van der Waals surface area (Å²) in [6.45, 7) is 6.96. The van der Waals surface area contributed by atoms with Crippen LogP contribution in [0.3, 0.4) is 0 Å². The monoisotopic (exact) mass is 455 g/mol. The van der Waals surface area contributed by atoms with Crippen molar-refractivity contribution in [3.8, 4) is 10.4 Å². The van der Waals surface area contributed by atoms with Crippen molar-refractivity contribution in [2.75, 3.05) is 13.1 Å². The van der Waals surface area contributed by atoms with Gasteiger partial charge in [0, 0.05) is 61.7 Å². The molecule has 0 aliphatic carbocycles. The van der Waals surface area contributed by atoms with Crippen molar-refractivity contribution < 1.29 is 13.9 Å². The zero-order chi connectivity index (χ0) is 22.6. The second-order valence-electron chi connectivity index (χ2n) is 9.39. The molecule has 0 radical (unpaired) electrons. The third-order valence-corrected chi connectivity index (χ3v) is 6.74. The van der Waals surface area contributed by atoms with E-state index in [4.69, 9.17) is 9.72 Å². The normalized spacial score (nSPS) is 15.7. The average Bonchev–Trinajstić information content (AvgIpc) is 3.38. The lowest BCUT2D eigenvalue weighted by atomic mass is 9.94. The fourth-order valence-corrected chi connectivity index (χ4v) is 5.17. The molecule has 1 aliphatic heterocycles. The Morgan fingerprint density at radius 2 is 1.94 bits per heavy atom. The number of carbonyl (C=O) groups is 1. The quantitative estimate of drug-likeness (QED) is 0.417. The SMILES string of the molecule is Cn1cc2cc(-c3cn4cc(C5CCN(C(=O)OC(C)(C)C)CC5)nc4s3)c(F)cc2n1. The van der Waals surface area contributed by atoms with Crippen LogP contribution >= 0.6 is 11.3 Å². The number of benzene rings is 1. The summed E-state index contributed by atoms with van der Waals surface area (Å²) in [5.74, 6) is 0.0168. The number of hydrogen-bond donors (Lipinski definition) is 0. The number of rotatable bonds is 2. The van der Waals surface area contributed by atoms with Crippen LogP contribution in [0.5, 0.6) is 0 Å². The van der Waals surface area contributed by atoms with E-state index in [-0.39, 0.29) is 11.9 Å². The number of aromatic nitrogens is 4. The van der Waals surface area contributed by atoms with Crippen molar-refractivity contribution in [2.45, 2.75) is 45.1 Å². The van der Waals surface area contributed by atoms with Crippen molar-refractivity contribution >= 4 is 33.3 Å². The number of piperidine rings is 1. The number of nitrogens with zero attached hydrogens (tertiary/aromatic N) is 5. The number of hydrogen-bond acceptors (Lipinski definition) is 5. The van der Waals surface area contributed by atoms with E-state index in [1.54, 1.807) is 9.58 Å². The first-order valence-corrected chi connectivity index (χ1v) is 11.6. The Hall–Kier alpha value is -2.94. The Labute approximate surface area is 189 Å². The summed E-state index contributed by atoms with van der Waals surface area (Å²) in [7, 11) is 1.83. The summed E-state index contributed by atoms with van der Waals surface area (Å²) in [5.41, 5.74) is 1.75. The molecule has 4 aromatic rings. The Bertz CT molecular complexity index is 1280. The lowest BCUT2D eigenvalue weighted by molar-refractivity contribution is 0.0204. The molecule has 7 nitrogen and oxygen atoms in total. The Morgan fingerprint density at radius 1 is 1.19 bits per heavy atom. The van der Waals surface area contributed by atoms with Crippen molar-refractivity contribution in [2.24, 2.45) is 7.05 Å². The van der Waals surface area contributed by atoms with Crippen LogP contribution in [0.4, 0.5) is 9.18 Å². The van der Waals surface area contributed by atoms with Gasteiger partial charge in [-0.25, -0.2) is 14.2 Å². The lowest BCUT2D eigenvalue weighted by Gasteiger charge is -2.32. The fraction of sp³-hybridized carbons (Fsp3) is 0.435. The predicted octanol–water partition coefficient (Wildman–Crippen LogP) is 5.20. The minimum absolute atomic E-state index is 0.251. The molecule has 0 bridgehead atoms. The molecule has 5 rings (SSSR count). The molecule has 0 saturated carbocycles. The molecular weight excluding hydrogens is 429 g/mol. The maximum absolute atomic E-state index is 14.7. The number of fused-ring (bicyclic) bond motifs is 2. The first-order valence-electron chi connectivity index (χ1n) is 10.8. The molecule has 0 atom stereocenters. The summed E-state index contributed by atoms with van der Waals surface area (Å²) in [6.07, 6.45) is 7.31. The highest BCUT2D eigenvalue weighted by Crippen LogP contribution is 2.35. The molecule has 1 aromatic carbocycles. The largest absolute Gasteiger partial charge is 0.444 e. The highest BCUT2D eigenvalue weighted by Gasteiger charge is 2.28. The Balaban J connectivity index is 1.32. The maximum atomic E-state index is 14.7. The second kappa shape index (κ2) is 7.58. The minimum atomic E-state index is -0.485. The molecule has 0 unspecified atom stereocenters. The summed E-state index contributed by atoms with van der Waals surface area (Å²) in [6, 6.07) is 3.33. The zero-order valence-corrected chi connectivity index (χ0v) is 19.4. The summed E-state index contributed by atoms with van der Waals surface area (Å²) < 4.78 is 23.9. The fourth-order valence-electron chi connectivity index (χ4n) is 4.18. The average molecular weight is 456 g/mol. The number of imidazole rings is 1. The van der Waals surface area contributed by atoms with E-state index in [9.17, 15) is 9.18 Å². The first kappa shape index (κ1) is 20.9. The van der Waals surface area contributed by atoms with Gasteiger partial charge in [0.05, 0.1) is 16.1 Å². The minimum Gasteiger partial charge on any atom is -0.444 e. The van der Waals surface area contributed by atoms with Crippen molar-refractivity contribution in [3.05, 3.63) is 42.2 Å². The number of ether oxygens (including phenoxy) is 1. The molecule has 1 aliphatic rings. The van der Waals surface area contributed by atoms with Crippen LogP contribution in [-0.4, -0.2) is 48.8 Å². The van der Waals surface area contributed by atoms with Gasteiger partial charge in [0.25, 0.3) is 0 Å². The number of thiazole rings is 1. The third-order valence-electron chi connectivity index (χ3n) is 5.71. The van der Waals surface area contributed by atoms with E-state index in [2.05, 4.69) is 5.10 Å². The molecule has 9 heteroatoms. The van der Waals surface area contributed by atoms with Crippen LogP contribution in [-0.2, 0) is 11.8 Å². The van der Waals surface area contributed by atoms with Gasteiger partial charge in [-0.1, -0.05) is 11.3 Å². The second-order valence-corrected chi connectivity index (χ2v) is 10.4. The molecule has 4 heterocycles. The number of aryl methyl sites for hydroxylation is 1. The van der Waals surface area contributed by atoms with Gasteiger partial charge in [-0.05, 0) is 39.7 Å². The van der Waals surface area contributed by atoms with Crippen LogP contribution in [0.25, 0.3) is 26.3 Å². The molecule has 1 saturated heterocycles. The van der Waals surface area contributed by atoms with Gasteiger partial charge in [0.1, 0.15) is 11.4 Å². The van der Waals surface area contributed by atoms with E-state index >= 15 is 0 Å². The van der Waals surface area contributed by atoms with Crippen LogP contribution in [0.1, 0.15) is 45.2 Å². The van der Waals surface area contributed by atoms with Gasteiger partial charge in [0.15, 0.2) is 4.96 Å². The van der Waals surface area contributed by atoms with Crippen molar-refractivity contribution in [1.82, 2.24) is 24.1 Å². The molecule has 168 valence electrons. The lowest BCUT2D eigenvalue weighted by Crippen LogP contribution is -2.41. The first-order chi connectivity index (χ1) is 15.2. The number of likely N-dealkylation sites (tertiary alicyclic amines) is 1. The van der Waals surface area contributed by atoms with Crippen LogP contribution in [0.15, 0.2) is 30.7 Å². The molecule has 3 aromatic heterocycles. The van der Waals surface area contributed by atoms with Crippen LogP contribution in [0, 0.1) is 5.82 Å². The third kappa shape index (κ3) is 3.97. The molecule has 0 spiro atoms. The Kier molecular flexibility index (Phi) is 4.96. The number of carbonyl (C=O) groups excluding carboxylic acids is 1. The van der Waals surface area contributed by atoms with Gasteiger partial charge in [-0.15, -0.1) is 0 Å². The molecule has 0 N–H and O–H groups in total. The smallest absolute Gasteiger partial charge is 0.410 e. The van der Waals surface area contributed by atoms with E-state index in [1.165, 1.54) is 17.4 Å². The van der Waals surface area contributed by atoms with Gasteiger partial charge in [-0.2, -0.15) is 5.10 Å². The van der Waals surface area contributed by atoms with Gasteiger partial charge in [-0.3, -0.25) is 9.08 Å². The Morgan fingerprint density at radius 3 is 2.62 bits per heavy atom. The molecule has 1 amide bonds. The molecular formula is C23H26FN5O2S. The number of halogens is 1. The predicted molar refractivity (Wildman–Crippen MR) is 123 cm³/mol. The van der Waals surface area contributed by atoms with Crippen LogP contribution < -0.4 is 0 Å². The van der Waals surface area contributed by atoms with E-state index in [1.807, 2.05) is 56.9 Å². The van der Waals surface area contributed by atoms with E-state index < -0.39 is 5.60 Å². The van der Waals surface area contributed by atoms with E-state index in [0.29, 0.717) is 30.1 Å². The standard InChI is InChI=1S/C23H26FN5O2S/c1-23(2,3)31-22(30)28-7-5-14(6-8-28)19-12-29-13-20(32-21(29)25-19)16-9-15-11-27(4)26-18(15)10-17(16)24/h9-14H,5-8H2,1-4H3. The molecule has 32 heavy (non-hydrogen) atoms. The van der Waals surface area contributed by atoms with Crippen molar-refractivity contribution in [3.63, 3.8) is 0 Å². The van der Waals surface area contributed by atoms with E-state index in [0.717, 1.165) is 33.8 Å². The maximum Gasteiger partial charge on any atom is 0.410 e. The van der Waals surface area contributed by atoms with Gasteiger partial charge in [0.2, 0.25) is 0 Å². The highest BCUT2D eigenvalue weighted by atomic mass is 32.1. The summed E-state index contributed by atoms with van der Waals surface area (Å²) in [5, 5.41) is 5.18. The summed E-state index contributed by atoms with van der Waals surface area (Å²) in [4.78, 5) is 20.6. The van der Waals surface area contributed by atoms with Gasteiger partial charge < -0.3 is 9.64 Å². The van der Waals surface area contributed by atoms with Crippen molar-refractivity contribution in [1.29, 1.82) is 0 Å². The van der Waals surface area contributed by atoms with Crippen LogP contribution in [0.2, 0.25) is 0 Å². The summed E-state index contributed by atoms with van der Waals surface area (Å²) >= 11 is 1.48. The highest BCUT2D eigenvalue weighted by molar-refractivity contribution is 7.20. The zero-order valence-electron chi connectivity index (χ0n) is 18.6. The topological polar surface area (TPSA) is 64.7 Å². The molecule has 1 fully saturated rings. The number of amides is 1. The van der Waals surface area contributed by atoms with Gasteiger partial charge >= 0.3 is 6.09 Å².